The van der Waals surface area contributed by atoms with Crippen molar-refractivity contribution < 1.29 is 14.3 Å². The Hall–Kier alpha value is -1.59. The van der Waals surface area contributed by atoms with Crippen LogP contribution in [0.25, 0.3) is 0 Å². The van der Waals surface area contributed by atoms with E-state index in [1.165, 1.54) is 0 Å². The summed E-state index contributed by atoms with van der Waals surface area (Å²) in [6.07, 6.45) is 1.59. The van der Waals surface area contributed by atoms with Crippen LogP contribution in [0.3, 0.4) is 0 Å². The quantitative estimate of drug-likeness (QED) is 0.910. The van der Waals surface area contributed by atoms with Gasteiger partial charge < -0.3 is 19.7 Å². The third-order valence-electron chi connectivity index (χ3n) is 4.66. The fourth-order valence-electron chi connectivity index (χ4n) is 3.65. The monoisotopic (exact) mass is 318 g/mol. The van der Waals surface area contributed by atoms with Crippen molar-refractivity contribution in [3.05, 3.63) is 35.9 Å². The highest BCUT2D eigenvalue weighted by molar-refractivity contribution is 5.68. The zero-order chi connectivity index (χ0) is 16.3. The molecule has 2 saturated heterocycles. The molecule has 3 rings (SSSR count). The number of benzene rings is 1. The Morgan fingerprint density at radius 3 is 2.87 bits per heavy atom. The molecule has 1 atom stereocenters. The molecule has 2 aliphatic rings. The first-order valence-corrected chi connectivity index (χ1v) is 8.33. The van der Waals surface area contributed by atoms with Gasteiger partial charge in [0, 0.05) is 12.1 Å². The van der Waals surface area contributed by atoms with Crippen LogP contribution >= 0.6 is 0 Å². The fraction of sp³-hybridized carbons (Fsp3) is 0.611. The number of carbonyl (C=O) groups is 1. The summed E-state index contributed by atoms with van der Waals surface area (Å²) in [6, 6.07) is 9.77. The van der Waals surface area contributed by atoms with Gasteiger partial charge in [-0.1, -0.05) is 30.3 Å². The van der Waals surface area contributed by atoms with Gasteiger partial charge in [-0.15, -0.1) is 0 Å². The molecule has 5 nitrogen and oxygen atoms in total. The van der Waals surface area contributed by atoms with Gasteiger partial charge in [0.25, 0.3) is 0 Å². The van der Waals surface area contributed by atoms with Crippen molar-refractivity contribution in [2.24, 2.45) is 0 Å². The zero-order valence-electron chi connectivity index (χ0n) is 14.0. The number of hydrogen-bond acceptors (Lipinski definition) is 4. The molecular formula is C18H26N2O3. The predicted octanol–water partition coefficient (Wildman–Crippen LogP) is 2.56. The first-order valence-electron chi connectivity index (χ1n) is 8.33. The van der Waals surface area contributed by atoms with Crippen LogP contribution in [-0.4, -0.2) is 48.4 Å². The Balaban J connectivity index is 1.58. The van der Waals surface area contributed by atoms with Crippen LogP contribution in [0.5, 0.6) is 0 Å². The van der Waals surface area contributed by atoms with Crippen molar-refractivity contribution in [1.82, 2.24) is 10.2 Å². The summed E-state index contributed by atoms with van der Waals surface area (Å²) in [5, 5.41) is 3.51. The summed E-state index contributed by atoms with van der Waals surface area (Å²) in [4.78, 5) is 14.2. The van der Waals surface area contributed by atoms with Gasteiger partial charge in [0.15, 0.2) is 0 Å². The molecule has 1 aromatic rings. The molecule has 2 heterocycles. The van der Waals surface area contributed by atoms with Gasteiger partial charge in [-0.25, -0.2) is 4.79 Å². The average molecular weight is 318 g/mol. The molecule has 5 heteroatoms. The Labute approximate surface area is 137 Å². The van der Waals surface area contributed by atoms with E-state index in [-0.39, 0.29) is 17.2 Å². The number of nitrogens with zero attached hydrogens (tertiary/aromatic N) is 1. The maximum Gasteiger partial charge on any atom is 0.410 e. The van der Waals surface area contributed by atoms with E-state index in [1.54, 1.807) is 4.90 Å². The molecule has 1 N–H and O–H groups in total. The number of rotatable bonds is 2. The number of carbonyl (C=O) groups excluding carboxylic acids is 1. The molecule has 1 aromatic carbocycles. The lowest BCUT2D eigenvalue weighted by Gasteiger charge is -2.49. The first-order chi connectivity index (χ1) is 11.0. The number of hydrogen-bond donors (Lipinski definition) is 1. The van der Waals surface area contributed by atoms with Crippen molar-refractivity contribution in [1.29, 1.82) is 0 Å². The van der Waals surface area contributed by atoms with Crippen molar-refractivity contribution in [2.75, 3.05) is 26.2 Å². The summed E-state index contributed by atoms with van der Waals surface area (Å²) < 4.78 is 11.6. The minimum Gasteiger partial charge on any atom is -0.445 e. The fourth-order valence-corrected chi connectivity index (χ4v) is 3.65. The van der Waals surface area contributed by atoms with Gasteiger partial charge in [-0.3, -0.25) is 0 Å². The van der Waals surface area contributed by atoms with Crippen molar-refractivity contribution in [3.8, 4) is 0 Å². The second kappa shape index (κ2) is 6.49. The van der Waals surface area contributed by atoms with E-state index in [9.17, 15) is 4.79 Å². The van der Waals surface area contributed by atoms with Gasteiger partial charge in [-0.2, -0.15) is 0 Å². The molecule has 0 bridgehead atoms. The number of piperidine rings is 1. The lowest BCUT2D eigenvalue weighted by molar-refractivity contribution is -0.132. The summed E-state index contributed by atoms with van der Waals surface area (Å²) >= 11 is 0. The summed E-state index contributed by atoms with van der Waals surface area (Å²) in [7, 11) is 0. The van der Waals surface area contributed by atoms with E-state index >= 15 is 0 Å². The Kier molecular flexibility index (Phi) is 4.60. The topological polar surface area (TPSA) is 50.8 Å². The third kappa shape index (κ3) is 4.03. The van der Waals surface area contributed by atoms with Gasteiger partial charge in [-0.05, 0) is 38.8 Å². The maximum atomic E-state index is 12.4. The predicted molar refractivity (Wildman–Crippen MR) is 88.2 cm³/mol. The van der Waals surface area contributed by atoms with E-state index in [0.717, 1.165) is 24.9 Å². The van der Waals surface area contributed by atoms with Gasteiger partial charge in [0.05, 0.1) is 18.8 Å². The minimum atomic E-state index is -0.243. The van der Waals surface area contributed by atoms with Gasteiger partial charge in [0.1, 0.15) is 6.61 Å². The first kappa shape index (κ1) is 16.3. The highest BCUT2D eigenvalue weighted by atomic mass is 16.6. The van der Waals surface area contributed by atoms with Gasteiger partial charge in [0.2, 0.25) is 0 Å². The van der Waals surface area contributed by atoms with Crippen molar-refractivity contribution in [3.63, 3.8) is 0 Å². The van der Waals surface area contributed by atoms with Crippen molar-refractivity contribution in [2.45, 2.75) is 44.4 Å². The molecule has 2 fully saturated rings. The van der Waals surface area contributed by atoms with Crippen LogP contribution in [0.2, 0.25) is 0 Å². The van der Waals surface area contributed by atoms with E-state index in [2.05, 4.69) is 19.2 Å². The maximum absolute atomic E-state index is 12.4. The van der Waals surface area contributed by atoms with Crippen LogP contribution in [-0.2, 0) is 16.1 Å². The lowest BCUT2D eigenvalue weighted by Crippen LogP contribution is -2.62. The van der Waals surface area contributed by atoms with E-state index in [4.69, 9.17) is 9.47 Å². The molecule has 0 aromatic heterocycles. The van der Waals surface area contributed by atoms with Crippen LogP contribution < -0.4 is 5.32 Å². The zero-order valence-corrected chi connectivity index (χ0v) is 14.0. The summed E-state index contributed by atoms with van der Waals surface area (Å²) in [6.45, 7) is 7.40. The SMILES string of the molecule is CC1(C)CC2(CCN1)CN(C(=O)OCc1ccccc1)CCO2. The molecule has 126 valence electrons. The number of ether oxygens (including phenoxy) is 2. The third-order valence-corrected chi connectivity index (χ3v) is 4.66. The Morgan fingerprint density at radius 2 is 2.13 bits per heavy atom. The van der Waals surface area contributed by atoms with E-state index < -0.39 is 0 Å². The number of amides is 1. The normalized spacial score (nSPS) is 27.0. The second-order valence-corrected chi connectivity index (χ2v) is 7.23. The second-order valence-electron chi connectivity index (χ2n) is 7.23. The lowest BCUT2D eigenvalue weighted by atomic mass is 9.80. The molecule has 0 radical (unpaired) electrons. The highest BCUT2D eigenvalue weighted by Gasteiger charge is 2.45. The molecule has 1 spiro atoms. The summed E-state index contributed by atoms with van der Waals surface area (Å²) in [5.41, 5.74) is 0.806. The largest absolute Gasteiger partial charge is 0.445 e. The molecular weight excluding hydrogens is 292 g/mol. The molecule has 23 heavy (non-hydrogen) atoms. The van der Waals surface area contributed by atoms with E-state index in [1.807, 2.05) is 30.3 Å². The van der Waals surface area contributed by atoms with Crippen LogP contribution in [0, 0.1) is 0 Å². The Bertz CT molecular complexity index is 542. The van der Waals surface area contributed by atoms with Crippen LogP contribution in [0.1, 0.15) is 32.3 Å². The molecule has 2 aliphatic heterocycles. The molecule has 1 amide bonds. The highest BCUT2D eigenvalue weighted by Crippen LogP contribution is 2.34. The van der Waals surface area contributed by atoms with E-state index in [0.29, 0.717) is 26.3 Å². The Morgan fingerprint density at radius 1 is 1.35 bits per heavy atom. The molecule has 0 aliphatic carbocycles. The average Bonchev–Trinajstić information content (AvgIpc) is 2.52. The standard InChI is InChI=1S/C18H26N2O3/c1-17(2)13-18(8-9-19-17)14-20(10-11-23-18)16(21)22-12-15-6-4-3-5-7-15/h3-7,19H,8-14H2,1-2H3. The smallest absolute Gasteiger partial charge is 0.410 e. The minimum absolute atomic E-state index is 0.0369. The molecule has 0 saturated carbocycles. The molecule has 1 unspecified atom stereocenters. The number of nitrogens with one attached hydrogen (secondary N) is 1. The summed E-state index contributed by atoms with van der Waals surface area (Å²) in [5.74, 6) is 0. The van der Waals surface area contributed by atoms with Crippen molar-refractivity contribution >= 4 is 6.09 Å². The van der Waals surface area contributed by atoms with Crippen LogP contribution in [0.4, 0.5) is 4.79 Å². The number of morpholine rings is 1. The van der Waals surface area contributed by atoms with Gasteiger partial charge >= 0.3 is 6.09 Å². The van der Waals surface area contributed by atoms with Crippen LogP contribution in [0.15, 0.2) is 30.3 Å².